The van der Waals surface area contributed by atoms with Crippen LogP contribution >= 0.6 is 0 Å². The second-order valence-corrected chi connectivity index (χ2v) is 4.83. The minimum absolute atomic E-state index is 0.0148. The first-order valence-corrected chi connectivity index (χ1v) is 6.86. The predicted molar refractivity (Wildman–Crippen MR) is 81.2 cm³/mol. The van der Waals surface area contributed by atoms with Gasteiger partial charge in [0, 0.05) is 11.6 Å². The zero-order valence-electron chi connectivity index (χ0n) is 12.5. The van der Waals surface area contributed by atoms with Gasteiger partial charge in [-0.25, -0.2) is 4.39 Å². The normalized spacial score (nSPS) is 12.0. The number of hydrogen-bond acceptors (Lipinski definition) is 3. The van der Waals surface area contributed by atoms with E-state index in [1.54, 1.807) is 13.2 Å². The van der Waals surface area contributed by atoms with Crippen molar-refractivity contribution in [3.05, 3.63) is 59.4 Å². The molecule has 0 saturated heterocycles. The molecule has 112 valence electrons. The Morgan fingerprint density at radius 3 is 2.71 bits per heavy atom. The predicted octanol–water partition coefficient (Wildman–Crippen LogP) is 3.69. The first kappa shape index (κ1) is 15.3. The smallest absolute Gasteiger partial charge is 0.124 e. The monoisotopic (exact) mass is 289 g/mol. The van der Waals surface area contributed by atoms with Crippen molar-refractivity contribution in [2.45, 2.75) is 19.6 Å². The van der Waals surface area contributed by atoms with Crippen LogP contribution in [0.25, 0.3) is 0 Å². The summed E-state index contributed by atoms with van der Waals surface area (Å²) in [6, 6.07) is 12.3. The largest absolute Gasteiger partial charge is 0.497 e. The first-order chi connectivity index (χ1) is 10.1. The molecule has 0 spiro atoms. The second kappa shape index (κ2) is 7.09. The molecular formula is C17H20FNO2. The Balaban J connectivity index is 2.15. The quantitative estimate of drug-likeness (QED) is 0.879. The summed E-state index contributed by atoms with van der Waals surface area (Å²) in [4.78, 5) is 0. The van der Waals surface area contributed by atoms with Crippen molar-refractivity contribution in [2.75, 3.05) is 14.2 Å². The highest BCUT2D eigenvalue weighted by molar-refractivity contribution is 5.37. The second-order valence-electron chi connectivity index (χ2n) is 4.83. The average Bonchev–Trinajstić information content (AvgIpc) is 2.53. The minimum Gasteiger partial charge on any atom is -0.497 e. The SMILES string of the molecule is CNC(C)c1cc(F)ccc1OCc1cccc(OC)c1. The van der Waals surface area contributed by atoms with Crippen LogP contribution in [0, 0.1) is 5.82 Å². The van der Waals surface area contributed by atoms with E-state index in [9.17, 15) is 4.39 Å². The van der Waals surface area contributed by atoms with E-state index >= 15 is 0 Å². The molecule has 0 radical (unpaired) electrons. The molecule has 0 heterocycles. The van der Waals surface area contributed by atoms with Crippen molar-refractivity contribution >= 4 is 0 Å². The van der Waals surface area contributed by atoms with Gasteiger partial charge in [-0.05, 0) is 49.9 Å². The lowest BCUT2D eigenvalue weighted by Crippen LogP contribution is -2.14. The lowest BCUT2D eigenvalue weighted by Gasteiger charge is -2.17. The van der Waals surface area contributed by atoms with E-state index in [0.717, 1.165) is 16.9 Å². The first-order valence-electron chi connectivity index (χ1n) is 6.86. The van der Waals surface area contributed by atoms with Crippen LogP contribution in [0.3, 0.4) is 0 Å². The van der Waals surface area contributed by atoms with Gasteiger partial charge in [0.15, 0.2) is 0 Å². The molecule has 0 aliphatic heterocycles. The van der Waals surface area contributed by atoms with Gasteiger partial charge in [0.2, 0.25) is 0 Å². The molecule has 0 aromatic heterocycles. The summed E-state index contributed by atoms with van der Waals surface area (Å²) in [5, 5.41) is 3.10. The zero-order chi connectivity index (χ0) is 15.2. The van der Waals surface area contributed by atoms with Crippen molar-refractivity contribution in [3.63, 3.8) is 0 Å². The van der Waals surface area contributed by atoms with E-state index in [-0.39, 0.29) is 11.9 Å². The highest BCUT2D eigenvalue weighted by Gasteiger charge is 2.11. The van der Waals surface area contributed by atoms with Gasteiger partial charge < -0.3 is 14.8 Å². The molecular weight excluding hydrogens is 269 g/mol. The van der Waals surface area contributed by atoms with Crippen LogP contribution in [0.1, 0.15) is 24.1 Å². The van der Waals surface area contributed by atoms with E-state index in [1.165, 1.54) is 12.1 Å². The lowest BCUT2D eigenvalue weighted by atomic mass is 10.1. The van der Waals surface area contributed by atoms with Crippen molar-refractivity contribution in [3.8, 4) is 11.5 Å². The third kappa shape index (κ3) is 3.95. The molecule has 21 heavy (non-hydrogen) atoms. The Labute approximate surface area is 124 Å². The molecule has 0 fully saturated rings. The molecule has 0 aliphatic carbocycles. The summed E-state index contributed by atoms with van der Waals surface area (Å²) in [6.45, 7) is 2.37. The van der Waals surface area contributed by atoms with E-state index in [1.807, 2.05) is 38.2 Å². The Kier molecular flexibility index (Phi) is 5.17. The maximum Gasteiger partial charge on any atom is 0.124 e. The fourth-order valence-electron chi connectivity index (χ4n) is 2.07. The molecule has 2 rings (SSSR count). The lowest BCUT2D eigenvalue weighted by molar-refractivity contribution is 0.298. The van der Waals surface area contributed by atoms with Gasteiger partial charge in [0.1, 0.15) is 23.9 Å². The van der Waals surface area contributed by atoms with E-state index in [2.05, 4.69) is 5.32 Å². The maximum atomic E-state index is 13.4. The summed E-state index contributed by atoms with van der Waals surface area (Å²) in [7, 11) is 3.47. The summed E-state index contributed by atoms with van der Waals surface area (Å²) in [6.07, 6.45) is 0. The molecule has 1 N–H and O–H groups in total. The molecule has 2 aromatic rings. The number of hydrogen-bond donors (Lipinski definition) is 1. The Morgan fingerprint density at radius 2 is 2.00 bits per heavy atom. The molecule has 0 bridgehead atoms. The van der Waals surface area contributed by atoms with E-state index in [4.69, 9.17) is 9.47 Å². The summed E-state index contributed by atoms with van der Waals surface area (Å²) in [5.74, 6) is 1.21. The van der Waals surface area contributed by atoms with Gasteiger partial charge in [0.05, 0.1) is 7.11 Å². The van der Waals surface area contributed by atoms with Crippen LogP contribution in [0.4, 0.5) is 4.39 Å². The molecule has 1 atom stereocenters. The average molecular weight is 289 g/mol. The van der Waals surface area contributed by atoms with Crippen molar-refractivity contribution in [1.29, 1.82) is 0 Å². The molecule has 3 nitrogen and oxygen atoms in total. The fraction of sp³-hybridized carbons (Fsp3) is 0.294. The van der Waals surface area contributed by atoms with E-state index in [0.29, 0.717) is 12.4 Å². The highest BCUT2D eigenvalue weighted by atomic mass is 19.1. The van der Waals surface area contributed by atoms with E-state index < -0.39 is 0 Å². The van der Waals surface area contributed by atoms with Crippen molar-refractivity contribution in [1.82, 2.24) is 5.32 Å². The number of ether oxygens (including phenoxy) is 2. The number of halogens is 1. The van der Waals surface area contributed by atoms with Crippen LogP contribution in [-0.4, -0.2) is 14.2 Å². The van der Waals surface area contributed by atoms with Gasteiger partial charge in [-0.2, -0.15) is 0 Å². The molecule has 1 unspecified atom stereocenters. The number of methoxy groups -OCH3 is 1. The third-order valence-electron chi connectivity index (χ3n) is 3.40. The number of nitrogens with one attached hydrogen (secondary N) is 1. The van der Waals surface area contributed by atoms with Gasteiger partial charge in [0.25, 0.3) is 0 Å². The maximum absolute atomic E-state index is 13.4. The summed E-state index contributed by atoms with van der Waals surface area (Å²) >= 11 is 0. The fourth-order valence-corrected chi connectivity index (χ4v) is 2.07. The number of rotatable bonds is 6. The molecule has 2 aromatic carbocycles. The Hall–Kier alpha value is -2.07. The standard InChI is InChI=1S/C17H20FNO2/c1-12(19-2)16-10-14(18)7-8-17(16)21-11-13-5-4-6-15(9-13)20-3/h4-10,12,19H,11H2,1-3H3. The molecule has 0 saturated carbocycles. The summed E-state index contributed by atoms with van der Waals surface area (Å²) < 4.78 is 24.4. The topological polar surface area (TPSA) is 30.5 Å². The molecule has 0 amide bonds. The third-order valence-corrected chi connectivity index (χ3v) is 3.40. The Morgan fingerprint density at radius 1 is 1.19 bits per heavy atom. The number of benzene rings is 2. The van der Waals surface area contributed by atoms with Crippen LogP contribution in [0.15, 0.2) is 42.5 Å². The van der Waals surface area contributed by atoms with Crippen LogP contribution in [0.2, 0.25) is 0 Å². The summed E-state index contributed by atoms with van der Waals surface area (Å²) in [5.41, 5.74) is 1.81. The molecule has 4 heteroatoms. The zero-order valence-corrected chi connectivity index (χ0v) is 12.5. The van der Waals surface area contributed by atoms with Crippen molar-refractivity contribution < 1.29 is 13.9 Å². The van der Waals surface area contributed by atoms with Gasteiger partial charge >= 0.3 is 0 Å². The van der Waals surface area contributed by atoms with Crippen molar-refractivity contribution in [2.24, 2.45) is 0 Å². The Bertz CT molecular complexity index is 601. The van der Waals surface area contributed by atoms with Crippen LogP contribution < -0.4 is 14.8 Å². The van der Waals surface area contributed by atoms with Gasteiger partial charge in [-0.3, -0.25) is 0 Å². The van der Waals surface area contributed by atoms with Crippen LogP contribution in [-0.2, 0) is 6.61 Å². The van der Waals surface area contributed by atoms with Crippen LogP contribution in [0.5, 0.6) is 11.5 Å². The van der Waals surface area contributed by atoms with Gasteiger partial charge in [-0.1, -0.05) is 12.1 Å². The molecule has 0 aliphatic rings. The highest BCUT2D eigenvalue weighted by Crippen LogP contribution is 2.27. The minimum atomic E-state index is -0.263. The van der Waals surface area contributed by atoms with Gasteiger partial charge in [-0.15, -0.1) is 0 Å².